The number of fused-ring (bicyclic) bond motifs is 1. The van der Waals surface area contributed by atoms with Crippen molar-refractivity contribution in [3.63, 3.8) is 0 Å². The number of Topliss-reactive ketones (excluding diaryl/α,β-unsaturated/α-hetero) is 1. The molecule has 0 unspecified atom stereocenters. The van der Waals surface area contributed by atoms with Gasteiger partial charge in [0, 0.05) is 19.4 Å². The van der Waals surface area contributed by atoms with Gasteiger partial charge in [0.1, 0.15) is 17.9 Å². The summed E-state index contributed by atoms with van der Waals surface area (Å²) >= 11 is 0. The summed E-state index contributed by atoms with van der Waals surface area (Å²) in [6.45, 7) is 4.40. The molecule has 0 radical (unpaired) electrons. The van der Waals surface area contributed by atoms with Crippen LogP contribution in [0, 0.1) is 17.6 Å². The Morgan fingerprint density at radius 2 is 1.74 bits per heavy atom. The summed E-state index contributed by atoms with van der Waals surface area (Å²) in [4.78, 5) is 58.8. The van der Waals surface area contributed by atoms with Crippen LogP contribution in [-0.2, 0) is 19.2 Å². The van der Waals surface area contributed by atoms with Gasteiger partial charge in [-0.1, -0.05) is 32.0 Å². The Labute approximate surface area is 222 Å². The molecule has 2 N–H and O–H groups in total. The van der Waals surface area contributed by atoms with E-state index in [1.54, 1.807) is 26.0 Å². The van der Waals surface area contributed by atoms with Crippen LogP contribution in [0.2, 0.25) is 0 Å². The fourth-order valence-corrected chi connectivity index (χ4v) is 3.76. The third kappa shape index (κ3) is 7.11. The maximum Gasteiger partial charge on any atom is 0.347 e. The molecule has 0 saturated carbocycles. The predicted octanol–water partition coefficient (Wildman–Crippen LogP) is 3.99. The van der Waals surface area contributed by atoms with Crippen LogP contribution < -0.4 is 10.1 Å². The molecule has 0 amide bonds. The maximum absolute atomic E-state index is 14.9. The second kappa shape index (κ2) is 12.4. The molecule has 206 valence electrons. The number of carboxylic acid groups (broad SMARTS) is 1. The number of nitrogens with zero attached hydrogens (tertiary/aromatic N) is 2. The van der Waals surface area contributed by atoms with Crippen LogP contribution in [0.4, 0.5) is 14.6 Å². The number of para-hydroxylation sites is 1. The molecule has 0 saturated heterocycles. The number of nitrogens with one attached hydrogen (secondary N) is 1. The number of carboxylic acids is 1. The van der Waals surface area contributed by atoms with Crippen molar-refractivity contribution in [2.45, 2.75) is 39.3 Å². The first-order valence-corrected chi connectivity index (χ1v) is 11.9. The normalized spacial score (nSPS) is 12.7. The summed E-state index contributed by atoms with van der Waals surface area (Å²) in [7, 11) is 1.14. The van der Waals surface area contributed by atoms with Crippen LogP contribution >= 0.6 is 0 Å². The van der Waals surface area contributed by atoms with Gasteiger partial charge in [0.25, 0.3) is 0 Å². The van der Waals surface area contributed by atoms with E-state index >= 15 is 0 Å². The minimum absolute atomic E-state index is 0.325. The number of aliphatic carboxylic acids is 1. The van der Waals surface area contributed by atoms with Crippen LogP contribution in [0.25, 0.3) is 10.9 Å². The van der Waals surface area contributed by atoms with E-state index in [9.17, 15) is 33.1 Å². The number of esters is 1. The Morgan fingerprint density at radius 3 is 2.38 bits per heavy atom. The quantitative estimate of drug-likeness (QED) is 0.158. The van der Waals surface area contributed by atoms with Gasteiger partial charge >= 0.3 is 17.9 Å². The average molecular weight is 544 g/mol. The molecule has 0 fully saturated rings. The van der Waals surface area contributed by atoms with Crippen molar-refractivity contribution in [3.8, 4) is 5.75 Å². The van der Waals surface area contributed by atoms with Crippen molar-refractivity contribution in [2.75, 3.05) is 12.4 Å². The van der Waals surface area contributed by atoms with Gasteiger partial charge in [0.15, 0.2) is 17.4 Å². The molecule has 0 aliphatic carbocycles. The van der Waals surface area contributed by atoms with Gasteiger partial charge in [-0.15, -0.1) is 5.06 Å². The lowest BCUT2D eigenvalue weighted by Crippen LogP contribution is -2.46. The number of likely N-dealkylation sites (N-methyl/N-ethyl adjacent to an activating group) is 1. The summed E-state index contributed by atoms with van der Waals surface area (Å²) in [5.74, 6) is -8.23. The van der Waals surface area contributed by atoms with Crippen LogP contribution in [0.5, 0.6) is 5.75 Å². The lowest BCUT2D eigenvalue weighted by molar-refractivity contribution is -0.193. The van der Waals surface area contributed by atoms with E-state index in [-0.39, 0.29) is 5.92 Å². The number of pyridine rings is 1. The van der Waals surface area contributed by atoms with E-state index in [0.717, 1.165) is 25.4 Å². The van der Waals surface area contributed by atoms with Gasteiger partial charge in [-0.2, -0.15) is 0 Å². The number of anilines is 1. The van der Waals surface area contributed by atoms with Crippen molar-refractivity contribution in [1.82, 2.24) is 10.0 Å². The second-order valence-electron chi connectivity index (χ2n) is 9.02. The molecule has 2 atom stereocenters. The molecular weight excluding hydrogens is 516 g/mol. The molecule has 3 rings (SSSR count). The fraction of sp³-hybridized carbons (Fsp3) is 0.296. The van der Waals surface area contributed by atoms with Crippen molar-refractivity contribution >= 4 is 40.4 Å². The molecule has 2 aromatic carbocycles. The van der Waals surface area contributed by atoms with E-state index in [0.29, 0.717) is 22.5 Å². The summed E-state index contributed by atoms with van der Waals surface area (Å²) in [5.41, 5.74) is -0.0576. The minimum Gasteiger partial charge on any atom is -0.481 e. The average Bonchev–Trinajstić information content (AvgIpc) is 2.87. The van der Waals surface area contributed by atoms with E-state index in [2.05, 4.69) is 15.0 Å². The number of carbonyl (C=O) groups excluding carboxylic acids is 3. The van der Waals surface area contributed by atoms with Crippen LogP contribution in [-0.4, -0.2) is 58.0 Å². The standard InChI is InChI=1S/C27H27F2N3O7/c1-14(2)24(31-21-12-9-16-7-5-6-8-19(16)30-21)27(37)39-32(4)20(13-22(34)35)25(36)17-10-11-18(28)26(23(17)29)38-15(3)33/h5-12,14,20,24H,13H2,1-4H3,(H,30,31)(H,34,35)/t20-,24-/m0/s1. The Balaban J connectivity index is 1.84. The van der Waals surface area contributed by atoms with Crippen LogP contribution in [0.1, 0.15) is 37.6 Å². The van der Waals surface area contributed by atoms with Crippen molar-refractivity contribution in [3.05, 3.63) is 65.7 Å². The van der Waals surface area contributed by atoms with E-state index in [1.807, 2.05) is 24.3 Å². The Morgan fingerprint density at radius 1 is 1.05 bits per heavy atom. The van der Waals surface area contributed by atoms with E-state index < -0.39 is 65.1 Å². The summed E-state index contributed by atoms with van der Waals surface area (Å²) < 4.78 is 33.5. The fourth-order valence-electron chi connectivity index (χ4n) is 3.76. The number of ketones is 1. The minimum atomic E-state index is -1.69. The Kier molecular flexibility index (Phi) is 9.25. The number of aromatic nitrogens is 1. The first kappa shape index (κ1) is 29.1. The van der Waals surface area contributed by atoms with E-state index in [1.165, 1.54) is 0 Å². The van der Waals surface area contributed by atoms with Gasteiger partial charge in [0.2, 0.25) is 5.75 Å². The molecule has 0 aliphatic rings. The summed E-state index contributed by atoms with van der Waals surface area (Å²) in [6, 6.07) is 9.72. The number of hydrogen-bond donors (Lipinski definition) is 2. The number of halogens is 2. The first-order valence-electron chi connectivity index (χ1n) is 11.9. The van der Waals surface area contributed by atoms with E-state index in [4.69, 9.17) is 4.84 Å². The number of ether oxygens (including phenoxy) is 1. The second-order valence-corrected chi connectivity index (χ2v) is 9.02. The number of benzene rings is 2. The highest BCUT2D eigenvalue weighted by atomic mass is 19.1. The number of carbonyl (C=O) groups is 4. The third-order valence-corrected chi connectivity index (χ3v) is 5.73. The molecule has 1 aromatic heterocycles. The molecule has 1 heterocycles. The first-order chi connectivity index (χ1) is 18.4. The van der Waals surface area contributed by atoms with Gasteiger partial charge in [-0.05, 0) is 36.2 Å². The molecule has 12 heteroatoms. The molecular formula is C27H27F2N3O7. The number of rotatable bonds is 11. The van der Waals surface area contributed by atoms with Crippen LogP contribution in [0.3, 0.4) is 0 Å². The molecule has 0 spiro atoms. The zero-order valence-electron chi connectivity index (χ0n) is 21.6. The third-order valence-electron chi connectivity index (χ3n) is 5.73. The molecule has 3 aromatic rings. The zero-order chi connectivity index (χ0) is 28.9. The zero-order valence-corrected chi connectivity index (χ0v) is 21.6. The highest BCUT2D eigenvalue weighted by Crippen LogP contribution is 2.27. The van der Waals surface area contributed by atoms with Crippen molar-refractivity contribution < 1.29 is 42.6 Å². The lowest BCUT2D eigenvalue weighted by atomic mass is 10.0. The summed E-state index contributed by atoms with van der Waals surface area (Å²) in [5, 5.41) is 14.0. The molecule has 0 aliphatic heterocycles. The van der Waals surface area contributed by atoms with Crippen molar-refractivity contribution in [1.29, 1.82) is 0 Å². The highest BCUT2D eigenvalue weighted by Gasteiger charge is 2.35. The Bertz CT molecular complexity index is 1410. The number of hydroxylamine groups is 2. The van der Waals surface area contributed by atoms with Gasteiger partial charge in [-0.3, -0.25) is 14.4 Å². The van der Waals surface area contributed by atoms with Crippen LogP contribution in [0.15, 0.2) is 48.5 Å². The predicted molar refractivity (Wildman–Crippen MR) is 136 cm³/mol. The number of hydrogen-bond acceptors (Lipinski definition) is 9. The maximum atomic E-state index is 14.9. The monoisotopic (exact) mass is 543 g/mol. The molecule has 0 bridgehead atoms. The molecule has 39 heavy (non-hydrogen) atoms. The van der Waals surface area contributed by atoms with Gasteiger partial charge < -0.3 is 20.0 Å². The largest absolute Gasteiger partial charge is 0.481 e. The van der Waals surface area contributed by atoms with Gasteiger partial charge in [0.05, 0.1) is 17.5 Å². The Hall–Kier alpha value is -4.45. The highest BCUT2D eigenvalue weighted by molar-refractivity contribution is 6.02. The molecule has 10 nitrogen and oxygen atoms in total. The summed E-state index contributed by atoms with van der Waals surface area (Å²) in [6.07, 6.45) is -0.881. The van der Waals surface area contributed by atoms with Gasteiger partial charge in [-0.25, -0.2) is 18.6 Å². The topological polar surface area (TPSA) is 135 Å². The smallest absolute Gasteiger partial charge is 0.347 e. The lowest BCUT2D eigenvalue weighted by Gasteiger charge is -2.28. The van der Waals surface area contributed by atoms with Crippen molar-refractivity contribution in [2.24, 2.45) is 5.92 Å². The SMILES string of the molecule is CC(=O)Oc1c(F)ccc(C(=O)[C@H](CC(=O)O)N(C)OC(=O)[C@@H](Nc2ccc3ccccc3n2)C(C)C)c1F.